The Morgan fingerprint density at radius 3 is 2.54 bits per heavy atom. The molecule has 0 radical (unpaired) electrons. The number of nitrogens with one attached hydrogen (secondary N) is 2. The third kappa shape index (κ3) is 4.94. The van der Waals surface area contributed by atoms with Crippen LogP contribution in [-0.2, 0) is 11.0 Å². The summed E-state index contributed by atoms with van der Waals surface area (Å²) in [4.78, 5) is 22.1. The van der Waals surface area contributed by atoms with Crippen molar-refractivity contribution >= 4 is 17.3 Å². The first-order valence-corrected chi connectivity index (χ1v) is 8.52. The van der Waals surface area contributed by atoms with Gasteiger partial charge in [0.2, 0.25) is 5.91 Å². The Labute approximate surface area is 149 Å². The van der Waals surface area contributed by atoms with E-state index < -0.39 is 40.0 Å². The molecular formula is C17H22F3N3O3. The molecule has 26 heavy (non-hydrogen) atoms. The van der Waals surface area contributed by atoms with Crippen molar-refractivity contribution in [3.63, 3.8) is 0 Å². The summed E-state index contributed by atoms with van der Waals surface area (Å²) in [6.07, 6.45) is -0.658. The van der Waals surface area contributed by atoms with E-state index in [-0.39, 0.29) is 6.04 Å². The lowest BCUT2D eigenvalue weighted by Gasteiger charge is -2.31. The highest BCUT2D eigenvalue weighted by Crippen LogP contribution is 2.37. The lowest BCUT2D eigenvalue weighted by atomic mass is 9.85. The van der Waals surface area contributed by atoms with Crippen LogP contribution in [0.25, 0.3) is 0 Å². The minimum atomic E-state index is -4.82. The molecule has 9 heteroatoms. The third-order valence-electron chi connectivity index (χ3n) is 4.75. The second kappa shape index (κ2) is 8.03. The average molecular weight is 373 g/mol. The molecule has 2 N–H and O–H groups in total. The Morgan fingerprint density at radius 1 is 1.31 bits per heavy atom. The van der Waals surface area contributed by atoms with Crippen LogP contribution in [0.3, 0.4) is 0 Å². The second-order valence-corrected chi connectivity index (χ2v) is 6.73. The van der Waals surface area contributed by atoms with Gasteiger partial charge in [-0.05, 0) is 31.7 Å². The molecule has 0 heterocycles. The number of rotatable bonds is 5. The number of halogens is 3. The molecular weight excluding hydrogens is 351 g/mol. The number of benzene rings is 1. The molecule has 2 rings (SSSR count). The third-order valence-corrected chi connectivity index (χ3v) is 4.75. The highest BCUT2D eigenvalue weighted by molar-refractivity contribution is 5.95. The Hall–Kier alpha value is -2.16. The van der Waals surface area contributed by atoms with Gasteiger partial charge in [0.25, 0.3) is 5.69 Å². The summed E-state index contributed by atoms with van der Waals surface area (Å²) >= 11 is 0. The van der Waals surface area contributed by atoms with Crippen molar-refractivity contribution in [1.29, 1.82) is 0 Å². The number of carbonyl (C=O) groups is 1. The van der Waals surface area contributed by atoms with E-state index >= 15 is 0 Å². The predicted molar refractivity (Wildman–Crippen MR) is 90.7 cm³/mol. The summed E-state index contributed by atoms with van der Waals surface area (Å²) in [7, 11) is 0. The van der Waals surface area contributed by atoms with E-state index in [2.05, 4.69) is 17.6 Å². The van der Waals surface area contributed by atoms with Crippen molar-refractivity contribution in [2.24, 2.45) is 5.92 Å². The van der Waals surface area contributed by atoms with Crippen LogP contribution in [0.1, 0.15) is 45.1 Å². The van der Waals surface area contributed by atoms with E-state index in [0.29, 0.717) is 12.0 Å². The van der Waals surface area contributed by atoms with Crippen molar-refractivity contribution in [1.82, 2.24) is 5.32 Å². The van der Waals surface area contributed by atoms with Gasteiger partial charge in [-0.3, -0.25) is 14.9 Å². The fourth-order valence-corrected chi connectivity index (χ4v) is 3.19. The Morgan fingerprint density at radius 2 is 1.96 bits per heavy atom. The molecule has 1 saturated carbocycles. The summed E-state index contributed by atoms with van der Waals surface area (Å²) in [6.45, 7) is 3.68. The summed E-state index contributed by atoms with van der Waals surface area (Å²) < 4.78 is 39.5. The van der Waals surface area contributed by atoms with Gasteiger partial charge in [0.15, 0.2) is 0 Å². The average Bonchev–Trinajstić information content (AvgIpc) is 2.56. The number of hydrogen-bond donors (Lipinski definition) is 2. The number of alkyl halides is 3. The molecule has 6 nitrogen and oxygen atoms in total. The topological polar surface area (TPSA) is 84.3 Å². The number of anilines is 1. The van der Waals surface area contributed by atoms with E-state index in [0.717, 1.165) is 37.8 Å². The van der Waals surface area contributed by atoms with Gasteiger partial charge in [-0.1, -0.05) is 19.8 Å². The van der Waals surface area contributed by atoms with Crippen molar-refractivity contribution in [3.05, 3.63) is 33.9 Å². The largest absolute Gasteiger partial charge is 0.418 e. The maximum absolute atomic E-state index is 13.2. The number of nitro groups is 1. The van der Waals surface area contributed by atoms with Crippen molar-refractivity contribution in [3.8, 4) is 0 Å². The van der Waals surface area contributed by atoms with Crippen molar-refractivity contribution in [2.45, 2.75) is 57.8 Å². The zero-order valence-corrected chi connectivity index (χ0v) is 14.6. The summed E-state index contributed by atoms with van der Waals surface area (Å²) in [6, 6.07) is 1.73. The Kier molecular flexibility index (Phi) is 6.22. The maximum Gasteiger partial charge on any atom is 0.418 e. The van der Waals surface area contributed by atoms with Gasteiger partial charge < -0.3 is 10.6 Å². The van der Waals surface area contributed by atoms with Crippen LogP contribution in [0.5, 0.6) is 0 Å². The SMILES string of the molecule is C[C@H](N[C@H]1CCCC[C@@H]1C)C(=O)Nc1ccc([N+](=O)[O-])cc1C(F)(F)F. The quantitative estimate of drug-likeness (QED) is 0.601. The predicted octanol–water partition coefficient (Wildman–Crippen LogP) is 4.11. The number of amides is 1. The lowest BCUT2D eigenvalue weighted by molar-refractivity contribution is -0.385. The Balaban J connectivity index is 2.13. The molecule has 1 aromatic rings. The van der Waals surface area contributed by atoms with Gasteiger partial charge in [0, 0.05) is 18.2 Å². The molecule has 0 saturated heterocycles. The number of hydrogen-bond acceptors (Lipinski definition) is 4. The van der Waals surface area contributed by atoms with E-state index in [9.17, 15) is 28.1 Å². The van der Waals surface area contributed by atoms with Crippen molar-refractivity contribution in [2.75, 3.05) is 5.32 Å². The van der Waals surface area contributed by atoms with E-state index in [4.69, 9.17) is 0 Å². The number of nitro benzene ring substituents is 1. The monoisotopic (exact) mass is 373 g/mol. The van der Waals surface area contributed by atoms with Gasteiger partial charge in [-0.2, -0.15) is 13.2 Å². The van der Waals surface area contributed by atoms with Crippen molar-refractivity contribution < 1.29 is 22.9 Å². The molecule has 1 aromatic carbocycles. The summed E-state index contributed by atoms with van der Waals surface area (Å²) in [5.74, 6) is -0.216. The molecule has 1 aliphatic rings. The molecule has 144 valence electrons. The molecule has 1 aliphatic carbocycles. The van der Waals surface area contributed by atoms with E-state index in [1.54, 1.807) is 6.92 Å². The van der Waals surface area contributed by atoms with Gasteiger partial charge in [0.1, 0.15) is 0 Å². The van der Waals surface area contributed by atoms with Gasteiger partial charge in [-0.25, -0.2) is 0 Å². The van der Waals surface area contributed by atoms with Crippen LogP contribution in [0.2, 0.25) is 0 Å². The number of non-ortho nitro benzene ring substituents is 1. The Bertz CT molecular complexity index is 679. The second-order valence-electron chi connectivity index (χ2n) is 6.73. The molecule has 3 atom stereocenters. The first kappa shape index (κ1) is 20.2. The molecule has 0 unspecified atom stereocenters. The minimum Gasteiger partial charge on any atom is -0.324 e. The van der Waals surface area contributed by atoms with E-state index in [1.807, 2.05) is 0 Å². The van der Waals surface area contributed by atoms with Crippen LogP contribution in [0.15, 0.2) is 18.2 Å². The van der Waals surface area contributed by atoms with E-state index in [1.165, 1.54) is 0 Å². The fraction of sp³-hybridized carbons (Fsp3) is 0.588. The van der Waals surface area contributed by atoms with Gasteiger partial charge >= 0.3 is 6.18 Å². The zero-order valence-electron chi connectivity index (χ0n) is 14.6. The zero-order chi connectivity index (χ0) is 19.5. The first-order chi connectivity index (χ1) is 12.1. The molecule has 0 aromatic heterocycles. The molecule has 0 aliphatic heterocycles. The van der Waals surface area contributed by atoms with Crippen LogP contribution in [0.4, 0.5) is 24.5 Å². The minimum absolute atomic E-state index is 0.142. The van der Waals surface area contributed by atoms with Crippen LogP contribution in [-0.4, -0.2) is 22.9 Å². The normalized spacial score (nSPS) is 21.9. The van der Waals surface area contributed by atoms with Crippen LogP contribution >= 0.6 is 0 Å². The standard InChI is InChI=1S/C17H22F3N3O3/c1-10-5-3-4-6-14(10)21-11(2)16(24)22-15-8-7-12(23(25)26)9-13(15)17(18,19)20/h7-11,14,21H,3-6H2,1-2H3,(H,22,24)/t10-,11-,14-/m0/s1. The summed E-state index contributed by atoms with van der Waals surface area (Å²) in [5.41, 5.74) is -2.41. The molecule has 1 amide bonds. The van der Waals surface area contributed by atoms with Gasteiger partial charge in [0.05, 0.1) is 22.2 Å². The lowest BCUT2D eigenvalue weighted by Crippen LogP contribution is -2.47. The van der Waals surface area contributed by atoms with Crippen LogP contribution < -0.4 is 10.6 Å². The first-order valence-electron chi connectivity index (χ1n) is 8.52. The highest BCUT2D eigenvalue weighted by atomic mass is 19.4. The number of nitrogens with zero attached hydrogens (tertiary/aromatic N) is 1. The fourth-order valence-electron chi connectivity index (χ4n) is 3.19. The smallest absolute Gasteiger partial charge is 0.324 e. The molecule has 0 bridgehead atoms. The van der Waals surface area contributed by atoms with Crippen LogP contribution in [0, 0.1) is 16.0 Å². The maximum atomic E-state index is 13.2. The number of carbonyl (C=O) groups excluding carboxylic acids is 1. The molecule has 1 fully saturated rings. The summed E-state index contributed by atoms with van der Waals surface area (Å²) in [5, 5.41) is 16.1. The molecule has 0 spiro atoms. The highest BCUT2D eigenvalue weighted by Gasteiger charge is 2.36. The van der Waals surface area contributed by atoms with Gasteiger partial charge in [-0.15, -0.1) is 0 Å².